The van der Waals surface area contributed by atoms with Gasteiger partial charge in [-0.2, -0.15) is 16.4 Å². The highest BCUT2D eigenvalue weighted by atomic mass is 32.1. The Morgan fingerprint density at radius 1 is 1.08 bits per heavy atom. The number of carbonyl (C=O) groups excluding carboxylic acids is 1. The van der Waals surface area contributed by atoms with Crippen molar-refractivity contribution in [3.05, 3.63) is 52.2 Å². The van der Waals surface area contributed by atoms with Crippen LogP contribution in [0.15, 0.2) is 35.3 Å². The SMILES string of the molecule is Cc1cc(C)n(-c2cc(N3CCN(C(=O)c4ccsc4)CC3)ncn2)n1. The largest absolute Gasteiger partial charge is 0.353 e. The van der Waals surface area contributed by atoms with Gasteiger partial charge >= 0.3 is 0 Å². The van der Waals surface area contributed by atoms with E-state index in [1.165, 1.54) is 0 Å². The molecule has 1 fully saturated rings. The van der Waals surface area contributed by atoms with Crippen LogP contribution in [-0.4, -0.2) is 56.7 Å². The minimum atomic E-state index is 0.108. The molecule has 7 nitrogen and oxygen atoms in total. The van der Waals surface area contributed by atoms with Crippen LogP contribution in [0.1, 0.15) is 21.7 Å². The summed E-state index contributed by atoms with van der Waals surface area (Å²) in [5, 5.41) is 8.32. The molecule has 0 atom stereocenters. The molecule has 1 saturated heterocycles. The van der Waals surface area contributed by atoms with Gasteiger partial charge in [-0.3, -0.25) is 4.79 Å². The van der Waals surface area contributed by atoms with Crippen LogP contribution in [0.4, 0.5) is 5.82 Å². The third-order valence-corrected chi connectivity index (χ3v) is 5.21. The van der Waals surface area contributed by atoms with Gasteiger partial charge in [-0.25, -0.2) is 14.6 Å². The zero-order valence-electron chi connectivity index (χ0n) is 14.8. The van der Waals surface area contributed by atoms with Crippen LogP contribution in [-0.2, 0) is 0 Å². The molecule has 0 bridgehead atoms. The molecule has 1 aliphatic rings. The first-order valence-electron chi connectivity index (χ1n) is 8.54. The highest BCUT2D eigenvalue weighted by Crippen LogP contribution is 2.18. The lowest BCUT2D eigenvalue weighted by Crippen LogP contribution is -2.49. The molecular weight excluding hydrogens is 348 g/mol. The zero-order chi connectivity index (χ0) is 18.1. The number of thiophene rings is 1. The normalized spacial score (nSPS) is 14.7. The van der Waals surface area contributed by atoms with Crippen molar-refractivity contribution in [1.29, 1.82) is 0 Å². The van der Waals surface area contributed by atoms with Crippen molar-refractivity contribution >= 4 is 23.1 Å². The predicted octanol–water partition coefficient (Wildman–Crippen LogP) is 2.30. The van der Waals surface area contributed by atoms with Gasteiger partial charge < -0.3 is 9.80 Å². The van der Waals surface area contributed by atoms with E-state index >= 15 is 0 Å². The van der Waals surface area contributed by atoms with Crippen LogP contribution < -0.4 is 4.90 Å². The van der Waals surface area contributed by atoms with E-state index in [4.69, 9.17) is 0 Å². The molecule has 0 N–H and O–H groups in total. The van der Waals surface area contributed by atoms with Crippen LogP contribution in [0.2, 0.25) is 0 Å². The fourth-order valence-corrected chi connectivity index (χ4v) is 3.82. The van der Waals surface area contributed by atoms with E-state index in [0.717, 1.165) is 41.7 Å². The van der Waals surface area contributed by atoms with Gasteiger partial charge in [0.25, 0.3) is 5.91 Å². The molecule has 3 aromatic rings. The Morgan fingerprint density at radius 3 is 2.50 bits per heavy atom. The second-order valence-electron chi connectivity index (χ2n) is 6.36. The maximum absolute atomic E-state index is 12.5. The van der Waals surface area contributed by atoms with E-state index in [9.17, 15) is 4.79 Å². The number of amides is 1. The average Bonchev–Trinajstić information content (AvgIpc) is 3.31. The Labute approximate surface area is 155 Å². The maximum atomic E-state index is 12.5. The summed E-state index contributed by atoms with van der Waals surface area (Å²) in [6, 6.07) is 5.86. The Kier molecular flexibility index (Phi) is 4.42. The molecule has 26 heavy (non-hydrogen) atoms. The van der Waals surface area contributed by atoms with E-state index < -0.39 is 0 Å². The fourth-order valence-electron chi connectivity index (χ4n) is 3.19. The third-order valence-electron chi connectivity index (χ3n) is 4.52. The first-order valence-corrected chi connectivity index (χ1v) is 9.48. The third kappa shape index (κ3) is 3.20. The van der Waals surface area contributed by atoms with Crippen LogP contribution >= 0.6 is 11.3 Å². The van der Waals surface area contributed by atoms with Gasteiger partial charge in [0, 0.05) is 43.3 Å². The minimum Gasteiger partial charge on any atom is -0.353 e. The lowest BCUT2D eigenvalue weighted by Gasteiger charge is -2.35. The number of hydrogen-bond donors (Lipinski definition) is 0. The van der Waals surface area contributed by atoms with Crippen molar-refractivity contribution in [2.24, 2.45) is 0 Å². The lowest BCUT2D eigenvalue weighted by molar-refractivity contribution is 0.0747. The summed E-state index contributed by atoms with van der Waals surface area (Å²) < 4.78 is 1.83. The second-order valence-corrected chi connectivity index (χ2v) is 7.14. The first kappa shape index (κ1) is 16.7. The number of aromatic nitrogens is 4. The highest BCUT2D eigenvalue weighted by Gasteiger charge is 2.23. The van der Waals surface area contributed by atoms with Crippen molar-refractivity contribution in [2.45, 2.75) is 13.8 Å². The summed E-state index contributed by atoms with van der Waals surface area (Å²) >= 11 is 1.55. The van der Waals surface area contributed by atoms with Crippen LogP contribution in [0, 0.1) is 13.8 Å². The average molecular weight is 368 g/mol. The molecule has 1 aliphatic heterocycles. The molecule has 134 valence electrons. The van der Waals surface area contributed by atoms with Gasteiger partial charge in [-0.15, -0.1) is 0 Å². The van der Waals surface area contributed by atoms with Gasteiger partial charge in [-0.1, -0.05) is 0 Å². The quantitative estimate of drug-likeness (QED) is 0.710. The van der Waals surface area contributed by atoms with Gasteiger partial charge in [0.15, 0.2) is 5.82 Å². The Hall–Kier alpha value is -2.74. The molecule has 0 unspecified atom stereocenters. The molecule has 0 spiro atoms. The zero-order valence-corrected chi connectivity index (χ0v) is 15.6. The number of carbonyl (C=O) groups is 1. The molecule has 3 aromatic heterocycles. The van der Waals surface area contributed by atoms with Gasteiger partial charge in [-0.05, 0) is 31.4 Å². The first-order chi connectivity index (χ1) is 12.6. The Bertz CT molecular complexity index is 912. The monoisotopic (exact) mass is 368 g/mol. The number of aryl methyl sites for hydroxylation is 2. The predicted molar refractivity (Wildman–Crippen MR) is 101 cm³/mol. The number of piperazine rings is 1. The molecule has 1 amide bonds. The van der Waals surface area contributed by atoms with Gasteiger partial charge in [0.1, 0.15) is 12.1 Å². The van der Waals surface area contributed by atoms with Crippen LogP contribution in [0.5, 0.6) is 0 Å². The van der Waals surface area contributed by atoms with Gasteiger partial charge in [0.05, 0.1) is 11.3 Å². The van der Waals surface area contributed by atoms with E-state index in [2.05, 4.69) is 20.0 Å². The lowest BCUT2D eigenvalue weighted by atomic mass is 10.2. The molecule has 4 rings (SSSR count). The summed E-state index contributed by atoms with van der Waals surface area (Å²) in [7, 11) is 0. The second kappa shape index (κ2) is 6.87. The topological polar surface area (TPSA) is 67.2 Å². The molecule has 0 aromatic carbocycles. The molecule has 8 heteroatoms. The molecular formula is C18H20N6OS. The van der Waals surface area contributed by atoms with Crippen LogP contribution in [0.3, 0.4) is 0 Å². The van der Waals surface area contributed by atoms with Crippen molar-refractivity contribution in [2.75, 3.05) is 31.1 Å². The summed E-state index contributed by atoms with van der Waals surface area (Å²) in [5.41, 5.74) is 2.78. The standard InChI is InChI=1S/C18H20N6OS/c1-13-9-14(2)24(21-13)17-10-16(19-12-20-17)22-4-6-23(7-5-22)18(25)15-3-8-26-11-15/h3,8-12H,4-7H2,1-2H3. The number of rotatable bonds is 3. The molecule has 4 heterocycles. The van der Waals surface area contributed by atoms with E-state index in [0.29, 0.717) is 13.1 Å². The van der Waals surface area contributed by atoms with Crippen molar-refractivity contribution in [3.8, 4) is 5.82 Å². The van der Waals surface area contributed by atoms with E-state index in [1.807, 2.05) is 52.4 Å². The van der Waals surface area contributed by atoms with Crippen molar-refractivity contribution < 1.29 is 4.79 Å². The minimum absolute atomic E-state index is 0.108. The van der Waals surface area contributed by atoms with E-state index in [-0.39, 0.29) is 5.91 Å². The number of anilines is 1. The van der Waals surface area contributed by atoms with Crippen molar-refractivity contribution in [3.63, 3.8) is 0 Å². The summed E-state index contributed by atoms with van der Waals surface area (Å²) in [4.78, 5) is 25.3. The Morgan fingerprint density at radius 2 is 1.85 bits per heavy atom. The Balaban J connectivity index is 1.47. The number of nitrogens with zero attached hydrogens (tertiary/aromatic N) is 6. The number of hydrogen-bond acceptors (Lipinski definition) is 6. The molecule has 0 radical (unpaired) electrons. The molecule has 0 saturated carbocycles. The van der Waals surface area contributed by atoms with Gasteiger partial charge in [0.2, 0.25) is 0 Å². The summed E-state index contributed by atoms with van der Waals surface area (Å²) in [6.07, 6.45) is 1.57. The summed E-state index contributed by atoms with van der Waals surface area (Å²) in [6.45, 7) is 6.86. The maximum Gasteiger partial charge on any atom is 0.254 e. The van der Waals surface area contributed by atoms with Crippen LogP contribution in [0.25, 0.3) is 5.82 Å². The highest BCUT2D eigenvalue weighted by molar-refractivity contribution is 7.08. The fraction of sp³-hybridized carbons (Fsp3) is 0.333. The molecule has 0 aliphatic carbocycles. The van der Waals surface area contributed by atoms with E-state index in [1.54, 1.807) is 17.7 Å². The van der Waals surface area contributed by atoms with Crippen molar-refractivity contribution in [1.82, 2.24) is 24.6 Å². The summed E-state index contributed by atoms with van der Waals surface area (Å²) in [5.74, 6) is 1.74. The smallest absolute Gasteiger partial charge is 0.254 e.